The molecule has 4 rings (SSSR count). The van der Waals surface area contributed by atoms with Gasteiger partial charge in [0, 0.05) is 56.2 Å². The number of benzene rings is 2. The predicted octanol–water partition coefficient (Wildman–Crippen LogP) is 3.09. The van der Waals surface area contributed by atoms with Crippen molar-refractivity contribution in [3.63, 3.8) is 0 Å². The summed E-state index contributed by atoms with van der Waals surface area (Å²) in [5, 5.41) is 0. The summed E-state index contributed by atoms with van der Waals surface area (Å²) in [4.78, 5) is 16.9. The lowest BCUT2D eigenvalue weighted by molar-refractivity contribution is -0.128. The minimum absolute atomic E-state index is 0.162. The predicted molar refractivity (Wildman–Crippen MR) is 108 cm³/mol. The van der Waals surface area contributed by atoms with Gasteiger partial charge in [-0.1, -0.05) is 36.4 Å². The van der Waals surface area contributed by atoms with Crippen molar-refractivity contribution in [1.29, 1.82) is 0 Å². The Hall–Kier alpha value is -2.44. The van der Waals surface area contributed by atoms with E-state index in [0.717, 1.165) is 18.7 Å². The van der Waals surface area contributed by atoms with Crippen LogP contribution in [-0.2, 0) is 22.6 Å². The standard InChI is InChI=1S/C23H27FN2O3/c1-28-20-8-7-19(21(24)11-20)14-25-9-10-29-17-23(15-25)12-22(27)26(16-23)13-18-5-3-2-4-6-18/h2-8,11H,9-10,12-17H2,1H3/t23-/m0/s1. The Morgan fingerprint density at radius 1 is 1.14 bits per heavy atom. The van der Waals surface area contributed by atoms with Crippen LogP contribution in [0.15, 0.2) is 48.5 Å². The summed E-state index contributed by atoms with van der Waals surface area (Å²) >= 11 is 0. The van der Waals surface area contributed by atoms with Gasteiger partial charge in [-0.2, -0.15) is 0 Å². The highest BCUT2D eigenvalue weighted by Gasteiger charge is 2.45. The van der Waals surface area contributed by atoms with E-state index in [-0.39, 0.29) is 17.1 Å². The first kappa shape index (κ1) is 19.9. The maximum atomic E-state index is 14.4. The Kier molecular flexibility index (Phi) is 5.83. The molecule has 2 saturated heterocycles. The van der Waals surface area contributed by atoms with E-state index >= 15 is 0 Å². The number of nitrogens with zero attached hydrogens (tertiary/aromatic N) is 2. The van der Waals surface area contributed by atoms with Gasteiger partial charge in [0.15, 0.2) is 0 Å². The third-order valence-corrected chi connectivity index (χ3v) is 5.79. The molecule has 6 heteroatoms. The van der Waals surface area contributed by atoms with Gasteiger partial charge < -0.3 is 14.4 Å². The number of carbonyl (C=O) groups excluding carboxylic acids is 1. The van der Waals surface area contributed by atoms with Gasteiger partial charge in [0.05, 0.1) is 20.3 Å². The molecule has 5 nitrogen and oxygen atoms in total. The maximum Gasteiger partial charge on any atom is 0.223 e. The summed E-state index contributed by atoms with van der Waals surface area (Å²) in [7, 11) is 1.53. The van der Waals surface area contributed by atoms with Crippen LogP contribution < -0.4 is 4.74 Å². The summed E-state index contributed by atoms with van der Waals surface area (Å²) < 4.78 is 25.4. The van der Waals surface area contributed by atoms with Crippen LogP contribution in [0.25, 0.3) is 0 Å². The third kappa shape index (κ3) is 4.60. The van der Waals surface area contributed by atoms with E-state index < -0.39 is 0 Å². The zero-order valence-electron chi connectivity index (χ0n) is 16.8. The largest absolute Gasteiger partial charge is 0.497 e. The van der Waals surface area contributed by atoms with Crippen LogP contribution in [0.2, 0.25) is 0 Å². The van der Waals surface area contributed by atoms with Crippen LogP contribution in [0.4, 0.5) is 4.39 Å². The number of likely N-dealkylation sites (tertiary alicyclic amines) is 1. The van der Waals surface area contributed by atoms with Crippen LogP contribution in [-0.4, -0.2) is 55.7 Å². The summed E-state index contributed by atoms with van der Waals surface area (Å²) in [6.07, 6.45) is 0.474. The van der Waals surface area contributed by atoms with Crippen LogP contribution in [0, 0.1) is 11.2 Å². The van der Waals surface area contributed by atoms with Crippen molar-refractivity contribution >= 4 is 5.91 Å². The van der Waals surface area contributed by atoms with Crippen LogP contribution in [0.5, 0.6) is 5.75 Å². The smallest absolute Gasteiger partial charge is 0.223 e. The van der Waals surface area contributed by atoms with E-state index in [9.17, 15) is 9.18 Å². The van der Waals surface area contributed by atoms with Gasteiger partial charge in [-0.05, 0) is 11.6 Å². The van der Waals surface area contributed by atoms with Crippen molar-refractivity contribution in [3.8, 4) is 5.75 Å². The number of halogens is 1. The number of ether oxygens (including phenoxy) is 2. The number of amides is 1. The molecule has 29 heavy (non-hydrogen) atoms. The fourth-order valence-electron chi connectivity index (χ4n) is 4.37. The molecule has 0 aliphatic carbocycles. The van der Waals surface area contributed by atoms with E-state index in [4.69, 9.17) is 9.47 Å². The summed E-state index contributed by atoms with van der Waals surface area (Å²) in [6.45, 7) is 4.37. The second-order valence-corrected chi connectivity index (χ2v) is 8.13. The van der Waals surface area contributed by atoms with Crippen LogP contribution in [0.3, 0.4) is 0 Å². The van der Waals surface area contributed by atoms with E-state index in [0.29, 0.717) is 50.6 Å². The molecule has 2 aromatic carbocycles. The van der Waals surface area contributed by atoms with E-state index in [1.54, 1.807) is 12.1 Å². The zero-order valence-corrected chi connectivity index (χ0v) is 16.8. The van der Waals surface area contributed by atoms with Gasteiger partial charge in [-0.3, -0.25) is 9.69 Å². The quantitative estimate of drug-likeness (QED) is 0.776. The lowest BCUT2D eigenvalue weighted by atomic mass is 9.87. The minimum atomic E-state index is -0.267. The van der Waals surface area contributed by atoms with Crippen molar-refractivity contribution in [2.24, 2.45) is 5.41 Å². The normalized spacial score (nSPS) is 22.8. The van der Waals surface area contributed by atoms with Gasteiger partial charge in [-0.15, -0.1) is 0 Å². The van der Waals surface area contributed by atoms with E-state index in [1.165, 1.54) is 13.2 Å². The maximum absolute atomic E-state index is 14.4. The monoisotopic (exact) mass is 398 g/mol. The SMILES string of the molecule is COc1ccc(CN2CCOC[C@@]3(CC(=O)N(Cc4ccccc4)C3)C2)c(F)c1. The van der Waals surface area contributed by atoms with Crippen molar-refractivity contribution in [2.75, 3.05) is 40.0 Å². The lowest BCUT2D eigenvalue weighted by Crippen LogP contribution is -2.40. The van der Waals surface area contributed by atoms with Crippen LogP contribution >= 0.6 is 0 Å². The molecule has 2 heterocycles. The number of carbonyl (C=O) groups is 1. The number of rotatable bonds is 5. The molecular formula is C23H27FN2O3. The topological polar surface area (TPSA) is 42.0 Å². The van der Waals surface area contributed by atoms with Gasteiger partial charge in [0.25, 0.3) is 0 Å². The molecule has 0 aromatic heterocycles. The number of methoxy groups -OCH3 is 1. The summed E-state index contributed by atoms with van der Waals surface area (Å²) in [6, 6.07) is 15.0. The molecule has 0 saturated carbocycles. The van der Waals surface area contributed by atoms with E-state index in [2.05, 4.69) is 4.90 Å². The van der Waals surface area contributed by atoms with Crippen molar-refractivity contribution in [2.45, 2.75) is 19.5 Å². The fourth-order valence-corrected chi connectivity index (χ4v) is 4.37. The first-order valence-corrected chi connectivity index (χ1v) is 10.0. The Bertz CT molecular complexity index is 860. The lowest BCUT2D eigenvalue weighted by Gasteiger charge is -2.31. The highest BCUT2D eigenvalue weighted by atomic mass is 19.1. The molecule has 2 fully saturated rings. The zero-order chi connectivity index (χ0) is 20.3. The molecule has 2 aliphatic rings. The molecule has 1 atom stereocenters. The average molecular weight is 398 g/mol. The fraction of sp³-hybridized carbons (Fsp3) is 0.435. The molecule has 0 unspecified atom stereocenters. The molecule has 2 aliphatic heterocycles. The van der Waals surface area contributed by atoms with Crippen molar-refractivity contribution in [3.05, 3.63) is 65.5 Å². The Morgan fingerprint density at radius 3 is 2.72 bits per heavy atom. The Labute approximate surface area is 171 Å². The first-order chi connectivity index (χ1) is 14.1. The first-order valence-electron chi connectivity index (χ1n) is 10.0. The molecule has 0 N–H and O–H groups in total. The molecule has 0 radical (unpaired) electrons. The Morgan fingerprint density at radius 2 is 1.97 bits per heavy atom. The Balaban J connectivity index is 1.46. The van der Waals surface area contributed by atoms with Gasteiger partial charge in [0.2, 0.25) is 5.91 Å². The summed E-state index contributed by atoms with van der Waals surface area (Å²) in [5.74, 6) is 0.409. The van der Waals surface area contributed by atoms with Crippen molar-refractivity contribution in [1.82, 2.24) is 9.80 Å². The number of hydrogen-bond acceptors (Lipinski definition) is 4. The molecule has 154 valence electrons. The molecule has 2 aromatic rings. The molecular weight excluding hydrogens is 371 g/mol. The third-order valence-electron chi connectivity index (χ3n) is 5.79. The van der Waals surface area contributed by atoms with Crippen LogP contribution in [0.1, 0.15) is 17.5 Å². The second-order valence-electron chi connectivity index (χ2n) is 8.13. The second kappa shape index (κ2) is 8.51. The minimum Gasteiger partial charge on any atom is -0.497 e. The summed E-state index contributed by atoms with van der Waals surface area (Å²) in [5.41, 5.74) is 1.52. The molecule has 1 amide bonds. The molecule has 0 bridgehead atoms. The van der Waals surface area contributed by atoms with E-state index in [1.807, 2.05) is 35.2 Å². The highest BCUT2D eigenvalue weighted by molar-refractivity contribution is 5.79. The van der Waals surface area contributed by atoms with Gasteiger partial charge >= 0.3 is 0 Å². The van der Waals surface area contributed by atoms with Gasteiger partial charge in [-0.25, -0.2) is 4.39 Å². The van der Waals surface area contributed by atoms with Crippen molar-refractivity contribution < 1.29 is 18.7 Å². The number of hydrogen-bond donors (Lipinski definition) is 0. The highest BCUT2D eigenvalue weighted by Crippen LogP contribution is 2.35. The molecule has 1 spiro atoms. The van der Waals surface area contributed by atoms with Gasteiger partial charge in [0.1, 0.15) is 11.6 Å². The average Bonchev–Trinajstić information content (AvgIpc) is 2.89.